The minimum Gasteiger partial charge on any atom is -0.486 e. The molecule has 142 valence electrons. The molecule has 2 aliphatic rings. The lowest BCUT2D eigenvalue weighted by Crippen LogP contribution is -2.42. The number of urea groups is 1. The Balaban J connectivity index is 1.32. The Kier molecular flexibility index (Phi) is 5.27. The fourth-order valence-corrected chi connectivity index (χ4v) is 3.39. The Labute approximate surface area is 158 Å². The van der Waals surface area contributed by atoms with E-state index in [1.807, 2.05) is 36.4 Å². The van der Waals surface area contributed by atoms with Crippen LogP contribution in [-0.4, -0.2) is 43.4 Å². The highest BCUT2D eigenvalue weighted by Gasteiger charge is 2.22. The van der Waals surface area contributed by atoms with Crippen LogP contribution >= 0.6 is 0 Å². The van der Waals surface area contributed by atoms with Gasteiger partial charge < -0.3 is 25.0 Å². The second-order valence-electron chi connectivity index (χ2n) is 6.75. The molecule has 0 unspecified atom stereocenters. The van der Waals surface area contributed by atoms with Gasteiger partial charge in [-0.3, -0.25) is 0 Å². The fraction of sp³-hybridized carbons (Fsp3) is 0.400. The van der Waals surface area contributed by atoms with E-state index in [4.69, 9.17) is 9.47 Å². The van der Waals surface area contributed by atoms with Crippen molar-refractivity contribution in [1.82, 2.24) is 10.3 Å². The maximum absolute atomic E-state index is 12.4. The lowest BCUT2D eigenvalue weighted by atomic mass is 10.1. The Morgan fingerprint density at radius 3 is 2.78 bits per heavy atom. The van der Waals surface area contributed by atoms with E-state index in [-0.39, 0.29) is 12.1 Å². The Hall–Kier alpha value is -2.96. The van der Waals surface area contributed by atoms with Crippen LogP contribution < -0.4 is 25.0 Å². The number of rotatable bonds is 4. The highest BCUT2D eigenvalue weighted by molar-refractivity contribution is 5.92. The number of benzene rings is 1. The Morgan fingerprint density at radius 1 is 1.11 bits per heavy atom. The number of aromatic nitrogens is 1. The first-order chi connectivity index (χ1) is 13.3. The molecule has 4 rings (SSSR count). The normalized spacial score (nSPS) is 18.7. The van der Waals surface area contributed by atoms with Crippen LogP contribution in [0.25, 0.3) is 0 Å². The summed E-state index contributed by atoms with van der Waals surface area (Å²) in [4.78, 5) is 19.1. The predicted molar refractivity (Wildman–Crippen MR) is 104 cm³/mol. The molecule has 2 N–H and O–H groups in total. The summed E-state index contributed by atoms with van der Waals surface area (Å²) in [6.07, 6.45) is 5.10. The van der Waals surface area contributed by atoms with Crippen LogP contribution in [0.5, 0.6) is 11.5 Å². The van der Waals surface area contributed by atoms with Crippen LogP contribution in [0.15, 0.2) is 42.6 Å². The maximum Gasteiger partial charge on any atom is 0.319 e. The van der Waals surface area contributed by atoms with Gasteiger partial charge in [0, 0.05) is 19.3 Å². The largest absolute Gasteiger partial charge is 0.486 e. The van der Waals surface area contributed by atoms with Gasteiger partial charge in [-0.25, -0.2) is 9.78 Å². The third-order valence-corrected chi connectivity index (χ3v) is 4.75. The van der Waals surface area contributed by atoms with Crippen molar-refractivity contribution in [3.05, 3.63) is 42.6 Å². The van der Waals surface area contributed by atoms with Crippen molar-refractivity contribution in [3.63, 3.8) is 0 Å². The number of amides is 2. The molecule has 1 saturated heterocycles. The van der Waals surface area contributed by atoms with Gasteiger partial charge in [0.05, 0.1) is 12.2 Å². The summed E-state index contributed by atoms with van der Waals surface area (Å²) >= 11 is 0. The molecule has 0 aliphatic carbocycles. The zero-order valence-corrected chi connectivity index (χ0v) is 15.2. The van der Waals surface area contributed by atoms with E-state index in [1.54, 1.807) is 6.20 Å². The number of carbonyl (C=O) groups is 1. The predicted octanol–water partition coefficient (Wildman–Crippen LogP) is 3.03. The molecular weight excluding hydrogens is 344 g/mol. The van der Waals surface area contributed by atoms with Crippen molar-refractivity contribution in [2.24, 2.45) is 0 Å². The van der Waals surface area contributed by atoms with Crippen LogP contribution in [0, 0.1) is 0 Å². The van der Waals surface area contributed by atoms with E-state index in [0.717, 1.165) is 43.2 Å². The highest BCUT2D eigenvalue weighted by Crippen LogP contribution is 2.30. The number of anilines is 2. The molecular formula is C20H24N4O3. The van der Waals surface area contributed by atoms with Crippen LogP contribution in [0.2, 0.25) is 0 Å². The number of ether oxygens (including phenoxy) is 2. The standard InChI is InChI=1S/C20H24N4O3/c25-20(22-13-15-14-26-17-8-2-3-9-18(17)27-15)23-16-7-6-10-21-19(16)24-11-4-1-5-12-24/h2-3,6-10,15H,1,4-5,11-14H2,(H2,22,23,25)/t15-/m0/s1. The van der Waals surface area contributed by atoms with Gasteiger partial charge in [-0.1, -0.05) is 12.1 Å². The van der Waals surface area contributed by atoms with E-state index in [0.29, 0.717) is 18.9 Å². The van der Waals surface area contributed by atoms with E-state index < -0.39 is 0 Å². The zero-order valence-electron chi connectivity index (χ0n) is 15.2. The first-order valence-electron chi connectivity index (χ1n) is 9.43. The molecule has 3 heterocycles. The molecule has 7 nitrogen and oxygen atoms in total. The van der Waals surface area contributed by atoms with Crippen LogP contribution in [0.3, 0.4) is 0 Å². The van der Waals surface area contributed by atoms with Gasteiger partial charge in [0.15, 0.2) is 23.4 Å². The zero-order chi connectivity index (χ0) is 18.5. The quantitative estimate of drug-likeness (QED) is 0.868. The first-order valence-corrected chi connectivity index (χ1v) is 9.43. The maximum atomic E-state index is 12.4. The summed E-state index contributed by atoms with van der Waals surface area (Å²) in [5.41, 5.74) is 0.725. The van der Waals surface area contributed by atoms with E-state index in [9.17, 15) is 4.79 Å². The number of fused-ring (bicyclic) bond motifs is 1. The smallest absolute Gasteiger partial charge is 0.319 e. The lowest BCUT2D eigenvalue weighted by molar-refractivity contribution is 0.0922. The number of pyridine rings is 1. The van der Waals surface area contributed by atoms with Crippen molar-refractivity contribution >= 4 is 17.5 Å². The summed E-state index contributed by atoms with van der Waals surface area (Å²) in [6.45, 7) is 2.71. The van der Waals surface area contributed by atoms with Gasteiger partial charge in [-0.05, 0) is 43.5 Å². The van der Waals surface area contributed by atoms with Gasteiger partial charge in [0.25, 0.3) is 0 Å². The van der Waals surface area contributed by atoms with Gasteiger partial charge >= 0.3 is 6.03 Å². The number of hydrogen-bond acceptors (Lipinski definition) is 5. The van der Waals surface area contributed by atoms with Crippen LogP contribution in [0.1, 0.15) is 19.3 Å². The molecule has 1 aromatic carbocycles. The van der Waals surface area contributed by atoms with Crippen molar-refractivity contribution in [2.45, 2.75) is 25.4 Å². The first kappa shape index (κ1) is 17.5. The van der Waals surface area contributed by atoms with Crippen molar-refractivity contribution in [2.75, 3.05) is 36.5 Å². The monoisotopic (exact) mass is 368 g/mol. The molecule has 1 fully saturated rings. The SMILES string of the molecule is O=C(NC[C@H]1COc2ccccc2O1)Nc1cccnc1N1CCCCC1. The summed E-state index contributed by atoms with van der Waals surface area (Å²) in [7, 11) is 0. The number of para-hydroxylation sites is 2. The molecule has 0 radical (unpaired) electrons. The van der Waals surface area contributed by atoms with Gasteiger partial charge in [-0.15, -0.1) is 0 Å². The Morgan fingerprint density at radius 2 is 1.93 bits per heavy atom. The van der Waals surface area contributed by atoms with Gasteiger partial charge in [0.1, 0.15) is 6.61 Å². The molecule has 0 spiro atoms. The summed E-state index contributed by atoms with van der Waals surface area (Å²) < 4.78 is 11.5. The number of carbonyl (C=O) groups excluding carboxylic acids is 1. The number of piperidine rings is 1. The lowest BCUT2D eigenvalue weighted by Gasteiger charge is -2.29. The number of nitrogens with one attached hydrogen (secondary N) is 2. The summed E-state index contributed by atoms with van der Waals surface area (Å²) in [5, 5.41) is 5.78. The molecule has 2 aliphatic heterocycles. The minimum atomic E-state index is -0.274. The third kappa shape index (κ3) is 4.24. The van der Waals surface area contributed by atoms with E-state index in [2.05, 4.69) is 20.5 Å². The average Bonchev–Trinajstić information content (AvgIpc) is 2.73. The molecule has 0 bridgehead atoms. The van der Waals surface area contributed by atoms with E-state index >= 15 is 0 Å². The van der Waals surface area contributed by atoms with Crippen molar-refractivity contribution < 1.29 is 14.3 Å². The summed E-state index contributed by atoms with van der Waals surface area (Å²) in [5.74, 6) is 2.27. The molecule has 7 heteroatoms. The third-order valence-electron chi connectivity index (χ3n) is 4.75. The Bertz CT molecular complexity index is 792. The van der Waals surface area contributed by atoms with Crippen molar-refractivity contribution in [1.29, 1.82) is 0 Å². The topological polar surface area (TPSA) is 75.7 Å². The molecule has 1 atom stereocenters. The molecule has 2 aromatic rings. The fourth-order valence-electron chi connectivity index (χ4n) is 3.39. The average molecular weight is 368 g/mol. The number of nitrogens with zero attached hydrogens (tertiary/aromatic N) is 2. The van der Waals surface area contributed by atoms with Crippen LogP contribution in [-0.2, 0) is 0 Å². The molecule has 0 saturated carbocycles. The second-order valence-corrected chi connectivity index (χ2v) is 6.75. The van der Waals surface area contributed by atoms with E-state index in [1.165, 1.54) is 6.42 Å². The summed E-state index contributed by atoms with van der Waals surface area (Å²) in [6, 6.07) is 11.0. The minimum absolute atomic E-state index is 0.221. The highest BCUT2D eigenvalue weighted by atomic mass is 16.6. The molecule has 2 amide bonds. The van der Waals surface area contributed by atoms with Gasteiger partial charge in [-0.2, -0.15) is 0 Å². The van der Waals surface area contributed by atoms with Gasteiger partial charge in [0.2, 0.25) is 0 Å². The second kappa shape index (κ2) is 8.16. The molecule has 27 heavy (non-hydrogen) atoms. The molecule has 1 aromatic heterocycles. The van der Waals surface area contributed by atoms with Crippen LogP contribution in [0.4, 0.5) is 16.3 Å². The number of hydrogen-bond donors (Lipinski definition) is 2. The van der Waals surface area contributed by atoms with Crippen molar-refractivity contribution in [3.8, 4) is 11.5 Å².